The average molecular weight is 356 g/mol. The molecule has 0 bridgehead atoms. The molecule has 1 aromatic rings. The largest absolute Gasteiger partial charge is 0.380 e. The van der Waals surface area contributed by atoms with Gasteiger partial charge in [-0.05, 0) is 53.4 Å². The first kappa shape index (κ1) is 16.5. The van der Waals surface area contributed by atoms with Crippen LogP contribution in [0.3, 0.4) is 0 Å². The SMILES string of the molecule is CCCCn1ncc(NC2CCC(C)CC2C)c(Br)c1=O. The maximum atomic E-state index is 12.3. The highest BCUT2D eigenvalue weighted by atomic mass is 79.9. The molecule has 0 amide bonds. The summed E-state index contributed by atoms with van der Waals surface area (Å²) in [5.74, 6) is 1.44. The van der Waals surface area contributed by atoms with E-state index < -0.39 is 0 Å². The number of anilines is 1. The third kappa shape index (κ3) is 4.09. The predicted molar refractivity (Wildman–Crippen MR) is 90.7 cm³/mol. The summed E-state index contributed by atoms with van der Waals surface area (Å²) >= 11 is 3.45. The van der Waals surface area contributed by atoms with Crippen LogP contribution in [0.1, 0.15) is 52.9 Å². The van der Waals surface area contributed by atoms with E-state index in [-0.39, 0.29) is 5.56 Å². The molecule has 1 heterocycles. The summed E-state index contributed by atoms with van der Waals surface area (Å²) < 4.78 is 2.16. The number of hydrogen-bond acceptors (Lipinski definition) is 3. The molecule has 1 saturated carbocycles. The predicted octanol–water partition coefficient (Wildman–Crippen LogP) is 4.04. The lowest BCUT2D eigenvalue weighted by molar-refractivity contribution is 0.276. The summed E-state index contributed by atoms with van der Waals surface area (Å²) in [5.41, 5.74) is 0.796. The summed E-state index contributed by atoms with van der Waals surface area (Å²) in [6.45, 7) is 7.41. The van der Waals surface area contributed by atoms with E-state index in [1.165, 1.54) is 12.8 Å². The van der Waals surface area contributed by atoms with Gasteiger partial charge in [-0.2, -0.15) is 5.10 Å². The fourth-order valence-corrected chi connectivity index (χ4v) is 3.53. The van der Waals surface area contributed by atoms with Crippen LogP contribution in [-0.4, -0.2) is 15.8 Å². The Labute approximate surface area is 135 Å². The molecule has 118 valence electrons. The lowest BCUT2D eigenvalue weighted by atomic mass is 9.80. The van der Waals surface area contributed by atoms with Gasteiger partial charge in [-0.3, -0.25) is 4.79 Å². The quantitative estimate of drug-likeness (QED) is 0.866. The monoisotopic (exact) mass is 355 g/mol. The fraction of sp³-hybridized carbons (Fsp3) is 0.750. The van der Waals surface area contributed by atoms with E-state index in [4.69, 9.17) is 0 Å². The van der Waals surface area contributed by atoms with E-state index >= 15 is 0 Å². The van der Waals surface area contributed by atoms with E-state index in [0.717, 1.165) is 30.9 Å². The Hall–Kier alpha value is -0.840. The fourth-order valence-electron chi connectivity index (χ4n) is 3.11. The number of hydrogen-bond donors (Lipinski definition) is 1. The molecule has 21 heavy (non-hydrogen) atoms. The van der Waals surface area contributed by atoms with Gasteiger partial charge in [0.25, 0.3) is 5.56 Å². The van der Waals surface area contributed by atoms with Crippen molar-refractivity contribution >= 4 is 21.6 Å². The topological polar surface area (TPSA) is 46.9 Å². The average Bonchev–Trinajstić information content (AvgIpc) is 2.45. The molecule has 1 aliphatic carbocycles. The summed E-state index contributed by atoms with van der Waals surface area (Å²) in [6, 6.07) is 0.435. The molecule has 0 aromatic carbocycles. The zero-order valence-electron chi connectivity index (χ0n) is 13.2. The molecule has 0 spiro atoms. The molecular formula is C16H26BrN3O. The third-order valence-corrected chi connectivity index (χ3v) is 5.25. The van der Waals surface area contributed by atoms with Crippen molar-refractivity contribution in [2.24, 2.45) is 11.8 Å². The van der Waals surface area contributed by atoms with Crippen LogP contribution in [0, 0.1) is 11.8 Å². The number of rotatable bonds is 5. The van der Waals surface area contributed by atoms with Crippen LogP contribution in [0.25, 0.3) is 0 Å². The van der Waals surface area contributed by atoms with Gasteiger partial charge in [0.15, 0.2) is 0 Å². The van der Waals surface area contributed by atoms with E-state index in [1.54, 1.807) is 10.9 Å². The Morgan fingerprint density at radius 2 is 2.19 bits per heavy atom. The molecule has 3 atom stereocenters. The van der Waals surface area contributed by atoms with Crippen molar-refractivity contribution in [1.29, 1.82) is 0 Å². The van der Waals surface area contributed by atoms with Crippen molar-refractivity contribution in [3.8, 4) is 0 Å². The number of nitrogens with zero attached hydrogens (tertiary/aromatic N) is 2. The maximum absolute atomic E-state index is 12.3. The molecule has 2 rings (SSSR count). The van der Waals surface area contributed by atoms with Crippen molar-refractivity contribution in [3.05, 3.63) is 21.0 Å². The summed E-state index contributed by atoms with van der Waals surface area (Å²) in [4.78, 5) is 12.3. The van der Waals surface area contributed by atoms with Crippen LogP contribution in [-0.2, 0) is 6.54 Å². The first-order valence-electron chi connectivity index (χ1n) is 8.05. The van der Waals surface area contributed by atoms with Gasteiger partial charge in [0.05, 0.1) is 11.9 Å². The summed E-state index contributed by atoms with van der Waals surface area (Å²) in [5, 5.41) is 7.81. The van der Waals surface area contributed by atoms with Crippen LogP contribution < -0.4 is 10.9 Å². The van der Waals surface area contributed by atoms with E-state index in [0.29, 0.717) is 23.0 Å². The maximum Gasteiger partial charge on any atom is 0.283 e. The third-order valence-electron chi connectivity index (χ3n) is 4.48. The molecule has 4 nitrogen and oxygen atoms in total. The second kappa shape index (κ2) is 7.43. The lowest BCUT2D eigenvalue weighted by Gasteiger charge is -2.33. The van der Waals surface area contributed by atoms with Crippen LogP contribution in [0.15, 0.2) is 15.5 Å². The minimum atomic E-state index is -0.0368. The molecule has 1 aromatic heterocycles. The molecule has 1 N–H and O–H groups in total. The van der Waals surface area contributed by atoms with Gasteiger partial charge in [0.1, 0.15) is 4.47 Å². The van der Waals surface area contributed by atoms with Gasteiger partial charge in [0, 0.05) is 12.6 Å². The highest BCUT2D eigenvalue weighted by Gasteiger charge is 2.26. The van der Waals surface area contributed by atoms with Gasteiger partial charge in [0.2, 0.25) is 0 Å². The Kier molecular flexibility index (Phi) is 5.85. The Morgan fingerprint density at radius 1 is 1.43 bits per heavy atom. The first-order chi connectivity index (χ1) is 10.0. The molecule has 1 fully saturated rings. The zero-order chi connectivity index (χ0) is 15.4. The summed E-state index contributed by atoms with van der Waals surface area (Å²) in [7, 11) is 0. The molecule has 5 heteroatoms. The Bertz CT molecular complexity index is 529. The highest BCUT2D eigenvalue weighted by molar-refractivity contribution is 9.10. The number of unbranched alkanes of at least 4 members (excludes halogenated alkanes) is 1. The smallest absolute Gasteiger partial charge is 0.283 e. The minimum absolute atomic E-state index is 0.0368. The Morgan fingerprint density at radius 3 is 2.86 bits per heavy atom. The van der Waals surface area contributed by atoms with Crippen molar-refractivity contribution in [3.63, 3.8) is 0 Å². The second-order valence-electron chi connectivity index (χ2n) is 6.40. The zero-order valence-corrected chi connectivity index (χ0v) is 14.8. The molecule has 0 radical (unpaired) electrons. The number of halogens is 1. The lowest BCUT2D eigenvalue weighted by Crippen LogP contribution is -2.34. The van der Waals surface area contributed by atoms with E-state index in [2.05, 4.69) is 47.1 Å². The van der Waals surface area contributed by atoms with Crippen molar-refractivity contribution < 1.29 is 0 Å². The summed E-state index contributed by atoms with van der Waals surface area (Å²) in [6.07, 6.45) is 7.48. The van der Waals surface area contributed by atoms with E-state index in [9.17, 15) is 4.79 Å². The van der Waals surface area contributed by atoms with E-state index in [1.807, 2.05) is 0 Å². The van der Waals surface area contributed by atoms with Gasteiger partial charge in [-0.25, -0.2) is 4.68 Å². The number of aromatic nitrogens is 2. The van der Waals surface area contributed by atoms with Gasteiger partial charge >= 0.3 is 0 Å². The Balaban J connectivity index is 2.10. The van der Waals surface area contributed by atoms with Crippen molar-refractivity contribution in [2.45, 2.75) is 65.5 Å². The van der Waals surface area contributed by atoms with Crippen molar-refractivity contribution in [2.75, 3.05) is 5.32 Å². The second-order valence-corrected chi connectivity index (χ2v) is 7.19. The molecule has 0 aliphatic heterocycles. The van der Waals surface area contributed by atoms with Crippen molar-refractivity contribution in [1.82, 2.24) is 9.78 Å². The van der Waals surface area contributed by atoms with Crippen LogP contribution in [0.4, 0.5) is 5.69 Å². The van der Waals surface area contributed by atoms with Crippen LogP contribution in [0.5, 0.6) is 0 Å². The normalized spacial score (nSPS) is 25.8. The highest BCUT2D eigenvalue weighted by Crippen LogP contribution is 2.31. The molecular weight excluding hydrogens is 330 g/mol. The molecule has 1 aliphatic rings. The number of nitrogens with one attached hydrogen (secondary N) is 1. The molecule has 0 saturated heterocycles. The van der Waals surface area contributed by atoms with Gasteiger partial charge < -0.3 is 5.32 Å². The van der Waals surface area contributed by atoms with Crippen LogP contribution in [0.2, 0.25) is 0 Å². The van der Waals surface area contributed by atoms with Gasteiger partial charge in [-0.15, -0.1) is 0 Å². The first-order valence-corrected chi connectivity index (χ1v) is 8.84. The van der Waals surface area contributed by atoms with Gasteiger partial charge in [-0.1, -0.05) is 27.2 Å². The van der Waals surface area contributed by atoms with Crippen LogP contribution >= 0.6 is 15.9 Å². The number of aryl methyl sites for hydroxylation is 1. The molecule has 3 unspecified atom stereocenters. The standard InChI is InChI=1S/C16H26BrN3O/c1-4-5-8-20-16(21)15(17)14(10-18-20)19-13-7-6-11(2)9-12(13)3/h10-13,19H,4-9H2,1-3H3. The minimum Gasteiger partial charge on any atom is -0.380 e.